The fourth-order valence-electron chi connectivity index (χ4n) is 1.54. The normalized spacial score (nSPS) is 11.2. The molecule has 20 heavy (non-hydrogen) atoms. The van der Waals surface area contributed by atoms with Crippen molar-refractivity contribution in [2.24, 2.45) is 0 Å². The van der Waals surface area contributed by atoms with Crippen LogP contribution in [0.25, 0.3) is 0 Å². The third kappa shape index (κ3) is 3.69. The number of benzene rings is 1. The van der Waals surface area contributed by atoms with E-state index < -0.39 is 10.0 Å². The highest BCUT2D eigenvalue weighted by Crippen LogP contribution is 2.19. The van der Waals surface area contributed by atoms with Gasteiger partial charge in [0.25, 0.3) is 0 Å². The van der Waals surface area contributed by atoms with Crippen molar-refractivity contribution in [3.05, 3.63) is 48.8 Å². The fourth-order valence-corrected chi connectivity index (χ4v) is 2.51. The van der Waals surface area contributed by atoms with Crippen LogP contribution in [0, 0.1) is 0 Å². The van der Waals surface area contributed by atoms with Crippen LogP contribution < -0.4 is 15.2 Å². The van der Waals surface area contributed by atoms with Gasteiger partial charge in [-0.3, -0.25) is 4.98 Å². The number of rotatable bonds is 6. The minimum Gasteiger partial charge on any atom is -0.490 e. The summed E-state index contributed by atoms with van der Waals surface area (Å²) in [5.74, 6) is 0.535. The van der Waals surface area contributed by atoms with Crippen LogP contribution in [0.1, 0.15) is 0 Å². The van der Waals surface area contributed by atoms with Gasteiger partial charge in [-0.25, -0.2) is 13.1 Å². The van der Waals surface area contributed by atoms with Crippen LogP contribution >= 0.6 is 0 Å². The number of sulfonamides is 1. The van der Waals surface area contributed by atoms with Crippen LogP contribution in [0.4, 0.5) is 5.69 Å². The highest BCUT2D eigenvalue weighted by Gasteiger charge is 2.12. The summed E-state index contributed by atoms with van der Waals surface area (Å²) in [5.41, 5.74) is 6.22. The molecule has 0 aliphatic rings. The monoisotopic (exact) mass is 293 g/mol. The van der Waals surface area contributed by atoms with E-state index in [0.29, 0.717) is 11.4 Å². The quantitative estimate of drug-likeness (QED) is 0.612. The van der Waals surface area contributed by atoms with E-state index in [-0.39, 0.29) is 18.0 Å². The highest BCUT2D eigenvalue weighted by molar-refractivity contribution is 7.89. The number of hydrogen-bond donors (Lipinski definition) is 2. The molecular formula is C13H15N3O3S. The molecule has 2 aromatic rings. The molecule has 0 saturated carbocycles. The Morgan fingerprint density at radius 2 is 2.00 bits per heavy atom. The largest absolute Gasteiger partial charge is 0.490 e. The van der Waals surface area contributed by atoms with Gasteiger partial charge in [0.1, 0.15) is 17.3 Å². The zero-order valence-corrected chi connectivity index (χ0v) is 11.5. The lowest BCUT2D eigenvalue weighted by atomic mass is 10.3. The topological polar surface area (TPSA) is 94.3 Å². The molecule has 0 aliphatic carbocycles. The first-order valence-electron chi connectivity index (χ1n) is 5.96. The molecule has 0 fully saturated rings. The molecule has 0 unspecified atom stereocenters. The van der Waals surface area contributed by atoms with Crippen molar-refractivity contribution >= 4 is 15.7 Å². The average molecular weight is 293 g/mol. The first kappa shape index (κ1) is 14.3. The van der Waals surface area contributed by atoms with Gasteiger partial charge in [-0.05, 0) is 24.3 Å². The Balaban J connectivity index is 1.86. The van der Waals surface area contributed by atoms with Crippen molar-refractivity contribution in [1.82, 2.24) is 9.71 Å². The maximum absolute atomic E-state index is 11.9. The number of pyridine rings is 1. The predicted molar refractivity (Wildman–Crippen MR) is 75.8 cm³/mol. The molecule has 0 spiro atoms. The SMILES string of the molecule is Nc1ccccc1OCCNS(=O)(=O)c1cccnc1. The smallest absolute Gasteiger partial charge is 0.242 e. The molecule has 7 heteroatoms. The Hall–Kier alpha value is -2.12. The number of anilines is 1. The van der Waals surface area contributed by atoms with E-state index in [9.17, 15) is 8.42 Å². The predicted octanol–water partition coefficient (Wildman–Crippen LogP) is 1.02. The van der Waals surface area contributed by atoms with Gasteiger partial charge in [-0.15, -0.1) is 0 Å². The molecule has 0 saturated heterocycles. The first-order chi connectivity index (χ1) is 9.59. The molecule has 0 amide bonds. The Morgan fingerprint density at radius 1 is 1.20 bits per heavy atom. The van der Waals surface area contributed by atoms with E-state index in [4.69, 9.17) is 10.5 Å². The van der Waals surface area contributed by atoms with E-state index in [2.05, 4.69) is 9.71 Å². The molecule has 1 heterocycles. The van der Waals surface area contributed by atoms with E-state index in [1.54, 1.807) is 30.3 Å². The molecule has 106 valence electrons. The highest BCUT2D eigenvalue weighted by atomic mass is 32.2. The van der Waals surface area contributed by atoms with E-state index in [1.807, 2.05) is 0 Å². The molecule has 3 N–H and O–H groups in total. The van der Waals surface area contributed by atoms with Gasteiger partial charge in [-0.1, -0.05) is 12.1 Å². The van der Waals surface area contributed by atoms with Crippen LogP contribution in [0.15, 0.2) is 53.7 Å². The van der Waals surface area contributed by atoms with E-state index in [0.717, 1.165) is 0 Å². The Labute approximate surface area is 117 Å². The summed E-state index contributed by atoms with van der Waals surface area (Å²) in [5, 5.41) is 0. The lowest BCUT2D eigenvalue weighted by Gasteiger charge is -2.09. The molecule has 2 rings (SSSR count). The lowest BCUT2D eigenvalue weighted by Crippen LogP contribution is -2.28. The van der Waals surface area contributed by atoms with Crippen molar-refractivity contribution in [3.8, 4) is 5.75 Å². The first-order valence-corrected chi connectivity index (χ1v) is 7.45. The van der Waals surface area contributed by atoms with Crippen molar-refractivity contribution in [3.63, 3.8) is 0 Å². The van der Waals surface area contributed by atoms with Crippen molar-refractivity contribution in [1.29, 1.82) is 0 Å². The number of hydrogen-bond acceptors (Lipinski definition) is 5. The summed E-state index contributed by atoms with van der Waals surface area (Å²) in [7, 11) is -3.55. The van der Waals surface area contributed by atoms with Crippen molar-refractivity contribution < 1.29 is 13.2 Å². The summed E-state index contributed by atoms with van der Waals surface area (Å²) in [6.07, 6.45) is 2.80. The van der Waals surface area contributed by atoms with Gasteiger partial charge < -0.3 is 10.5 Å². The van der Waals surface area contributed by atoms with Crippen LogP contribution in [-0.2, 0) is 10.0 Å². The van der Waals surface area contributed by atoms with Gasteiger partial charge in [-0.2, -0.15) is 0 Å². The van der Waals surface area contributed by atoms with Crippen LogP contribution in [0.5, 0.6) is 5.75 Å². The molecule has 0 atom stereocenters. The van der Waals surface area contributed by atoms with Gasteiger partial charge in [0.05, 0.1) is 5.69 Å². The van der Waals surface area contributed by atoms with Crippen LogP contribution in [0.3, 0.4) is 0 Å². The summed E-state index contributed by atoms with van der Waals surface area (Å²) < 4.78 is 31.6. The molecule has 0 bridgehead atoms. The van der Waals surface area contributed by atoms with Gasteiger partial charge in [0.2, 0.25) is 10.0 Å². The standard InChI is InChI=1S/C13H15N3O3S/c14-12-5-1-2-6-13(12)19-9-8-16-20(17,18)11-4-3-7-15-10-11/h1-7,10,16H,8-9,14H2. The average Bonchev–Trinajstić information content (AvgIpc) is 2.46. The molecule has 0 aliphatic heterocycles. The van der Waals surface area contributed by atoms with Gasteiger partial charge in [0, 0.05) is 18.9 Å². The van der Waals surface area contributed by atoms with Crippen molar-refractivity contribution in [2.45, 2.75) is 4.90 Å². The summed E-state index contributed by atoms with van der Waals surface area (Å²) >= 11 is 0. The number of nitrogens with zero attached hydrogens (tertiary/aromatic N) is 1. The number of ether oxygens (including phenoxy) is 1. The molecule has 1 aromatic carbocycles. The van der Waals surface area contributed by atoms with Crippen LogP contribution in [0.2, 0.25) is 0 Å². The zero-order chi connectivity index (χ0) is 14.4. The summed E-state index contributed by atoms with van der Waals surface area (Å²) in [4.78, 5) is 3.90. The van der Waals surface area contributed by atoms with E-state index >= 15 is 0 Å². The number of nitrogens with one attached hydrogen (secondary N) is 1. The fraction of sp³-hybridized carbons (Fsp3) is 0.154. The summed E-state index contributed by atoms with van der Waals surface area (Å²) in [6, 6.07) is 10.1. The second-order valence-corrected chi connectivity index (χ2v) is 5.74. The van der Waals surface area contributed by atoms with Crippen molar-refractivity contribution in [2.75, 3.05) is 18.9 Å². The molecular weight excluding hydrogens is 278 g/mol. The summed E-state index contributed by atoms with van der Waals surface area (Å²) in [6.45, 7) is 0.333. The number of para-hydroxylation sites is 2. The maximum atomic E-state index is 11.9. The minimum absolute atomic E-state index is 0.124. The second-order valence-electron chi connectivity index (χ2n) is 3.97. The number of nitrogens with two attached hydrogens (primary N) is 1. The molecule has 1 aromatic heterocycles. The van der Waals surface area contributed by atoms with E-state index in [1.165, 1.54) is 18.5 Å². The molecule has 0 radical (unpaired) electrons. The van der Waals surface area contributed by atoms with Gasteiger partial charge in [0.15, 0.2) is 0 Å². The van der Waals surface area contributed by atoms with Gasteiger partial charge >= 0.3 is 0 Å². The third-order valence-corrected chi connectivity index (χ3v) is 3.96. The lowest BCUT2D eigenvalue weighted by molar-refractivity contribution is 0.324. The second kappa shape index (κ2) is 6.36. The number of nitrogen functional groups attached to an aromatic ring is 1. The molecule has 6 nitrogen and oxygen atoms in total. The maximum Gasteiger partial charge on any atom is 0.242 e. The minimum atomic E-state index is -3.55. The van der Waals surface area contributed by atoms with Crippen LogP contribution in [-0.4, -0.2) is 26.6 Å². The number of aromatic nitrogens is 1. The zero-order valence-electron chi connectivity index (χ0n) is 10.7. The Bertz CT molecular complexity index is 660. The third-order valence-electron chi connectivity index (χ3n) is 2.52. The Kier molecular flexibility index (Phi) is 4.54. The Morgan fingerprint density at radius 3 is 2.70 bits per heavy atom.